The molecule has 30 heavy (non-hydrogen) atoms. The molecule has 0 saturated carbocycles. The number of carbonyl (C=O) groups excluding carboxylic acids is 1. The van der Waals surface area contributed by atoms with Gasteiger partial charge in [-0.25, -0.2) is 0 Å². The van der Waals surface area contributed by atoms with Gasteiger partial charge in [0.25, 0.3) is 0 Å². The number of amides is 1. The Morgan fingerprint density at radius 2 is 1.87 bits per heavy atom. The van der Waals surface area contributed by atoms with E-state index in [0.29, 0.717) is 6.42 Å². The van der Waals surface area contributed by atoms with Gasteiger partial charge in [-0.05, 0) is 51.7 Å². The van der Waals surface area contributed by atoms with Gasteiger partial charge in [-0.2, -0.15) is 5.10 Å². The maximum atomic E-state index is 12.5. The van der Waals surface area contributed by atoms with Crippen LogP contribution in [0.5, 0.6) is 0 Å². The number of carbonyl (C=O) groups is 1. The first-order valence-electron chi connectivity index (χ1n) is 11.1. The summed E-state index contributed by atoms with van der Waals surface area (Å²) in [7, 11) is 0. The maximum absolute atomic E-state index is 12.5. The Hall–Kier alpha value is -2.18. The minimum Gasteiger partial charge on any atom is -0.379 e. The summed E-state index contributed by atoms with van der Waals surface area (Å²) in [5.41, 5.74) is 5.87. The van der Waals surface area contributed by atoms with Crippen LogP contribution >= 0.6 is 0 Å². The lowest BCUT2D eigenvalue weighted by Crippen LogP contribution is -2.40. The van der Waals surface area contributed by atoms with Gasteiger partial charge < -0.3 is 10.1 Å². The first-order valence-corrected chi connectivity index (χ1v) is 11.1. The third-order valence-corrected chi connectivity index (χ3v) is 5.98. The Kier molecular flexibility index (Phi) is 8.05. The summed E-state index contributed by atoms with van der Waals surface area (Å²) in [5, 5.41) is 7.87. The average molecular weight is 413 g/mol. The Morgan fingerprint density at radius 1 is 1.17 bits per heavy atom. The van der Waals surface area contributed by atoms with Crippen molar-refractivity contribution in [2.75, 3.05) is 32.8 Å². The number of ether oxygens (including phenoxy) is 1. The Labute approximate surface area is 180 Å². The molecule has 1 aliphatic rings. The number of nitrogens with one attached hydrogen (secondary N) is 1. The summed E-state index contributed by atoms with van der Waals surface area (Å²) in [5.74, 6) is 0.120. The van der Waals surface area contributed by atoms with Crippen molar-refractivity contribution in [3.05, 3.63) is 52.3 Å². The van der Waals surface area contributed by atoms with E-state index < -0.39 is 0 Å². The van der Waals surface area contributed by atoms with Crippen molar-refractivity contribution >= 4 is 5.91 Å². The van der Waals surface area contributed by atoms with Gasteiger partial charge in [0, 0.05) is 37.8 Å². The van der Waals surface area contributed by atoms with Crippen molar-refractivity contribution in [1.82, 2.24) is 20.0 Å². The molecule has 1 atom stereocenters. The van der Waals surface area contributed by atoms with Crippen LogP contribution in [0.2, 0.25) is 0 Å². The van der Waals surface area contributed by atoms with Gasteiger partial charge in [-0.15, -0.1) is 0 Å². The van der Waals surface area contributed by atoms with Gasteiger partial charge in [0.05, 0.1) is 25.5 Å². The van der Waals surface area contributed by atoms with E-state index in [1.807, 2.05) is 6.92 Å². The molecule has 0 bridgehead atoms. The fourth-order valence-electron chi connectivity index (χ4n) is 3.97. The summed E-state index contributed by atoms with van der Waals surface area (Å²) in [6, 6.07) is 8.75. The molecule has 164 valence electrons. The maximum Gasteiger partial charge on any atom is 0.220 e. The molecule has 1 amide bonds. The highest BCUT2D eigenvalue weighted by atomic mass is 16.5. The molecule has 1 saturated heterocycles. The molecule has 1 unspecified atom stereocenters. The molecule has 0 radical (unpaired) electrons. The quantitative estimate of drug-likeness (QED) is 0.688. The Balaban J connectivity index is 1.46. The van der Waals surface area contributed by atoms with Crippen LogP contribution in [0.3, 0.4) is 0 Å². The molecule has 1 fully saturated rings. The van der Waals surface area contributed by atoms with Crippen LogP contribution in [0.15, 0.2) is 24.3 Å². The highest BCUT2D eigenvalue weighted by molar-refractivity contribution is 5.76. The second-order valence-corrected chi connectivity index (χ2v) is 8.50. The van der Waals surface area contributed by atoms with Crippen LogP contribution in [-0.4, -0.2) is 59.5 Å². The number of rotatable bonds is 9. The zero-order valence-corrected chi connectivity index (χ0v) is 18.9. The molecule has 2 aromatic rings. The zero-order valence-electron chi connectivity index (χ0n) is 18.9. The first kappa shape index (κ1) is 22.5. The smallest absolute Gasteiger partial charge is 0.220 e. The molecule has 6 heteroatoms. The van der Waals surface area contributed by atoms with Crippen LogP contribution in [0.4, 0.5) is 0 Å². The van der Waals surface area contributed by atoms with Gasteiger partial charge in [-0.3, -0.25) is 14.4 Å². The minimum absolute atomic E-state index is 0.120. The highest BCUT2D eigenvalue weighted by Gasteiger charge is 2.16. The summed E-state index contributed by atoms with van der Waals surface area (Å²) >= 11 is 0. The molecular formula is C24H36N4O2. The number of aromatic nitrogens is 2. The van der Waals surface area contributed by atoms with Gasteiger partial charge in [0.15, 0.2) is 0 Å². The molecular weight excluding hydrogens is 376 g/mol. The highest BCUT2D eigenvalue weighted by Crippen LogP contribution is 2.17. The lowest BCUT2D eigenvalue weighted by molar-refractivity contribution is -0.121. The van der Waals surface area contributed by atoms with Crippen molar-refractivity contribution in [2.45, 2.75) is 59.5 Å². The third kappa shape index (κ3) is 6.41. The van der Waals surface area contributed by atoms with Gasteiger partial charge >= 0.3 is 0 Å². The third-order valence-electron chi connectivity index (χ3n) is 5.98. The zero-order chi connectivity index (χ0) is 21.5. The van der Waals surface area contributed by atoms with Crippen LogP contribution in [0, 0.1) is 20.8 Å². The molecule has 3 rings (SSSR count). The van der Waals surface area contributed by atoms with Crippen LogP contribution in [0.25, 0.3) is 0 Å². The van der Waals surface area contributed by atoms with Crippen LogP contribution < -0.4 is 5.32 Å². The summed E-state index contributed by atoms with van der Waals surface area (Å²) in [6.45, 7) is 13.7. The van der Waals surface area contributed by atoms with E-state index in [1.54, 1.807) is 0 Å². The molecule has 1 aliphatic heterocycles. The normalized spacial score (nSPS) is 15.9. The van der Waals surface area contributed by atoms with E-state index in [2.05, 4.69) is 59.9 Å². The average Bonchev–Trinajstić information content (AvgIpc) is 3.00. The Bertz CT molecular complexity index is 822. The fourth-order valence-corrected chi connectivity index (χ4v) is 3.97. The van der Waals surface area contributed by atoms with E-state index in [0.717, 1.165) is 63.6 Å². The molecule has 2 heterocycles. The second-order valence-electron chi connectivity index (χ2n) is 8.50. The summed E-state index contributed by atoms with van der Waals surface area (Å²) in [6.07, 6.45) is 2.20. The summed E-state index contributed by atoms with van der Waals surface area (Å²) < 4.78 is 7.44. The van der Waals surface area contributed by atoms with Gasteiger partial charge in [0.2, 0.25) is 5.91 Å². The van der Waals surface area contributed by atoms with E-state index >= 15 is 0 Å². The van der Waals surface area contributed by atoms with E-state index in [1.165, 1.54) is 16.7 Å². The fraction of sp³-hybridized carbons (Fsp3) is 0.583. The molecule has 1 aromatic heterocycles. The van der Waals surface area contributed by atoms with Crippen LogP contribution in [-0.2, 0) is 22.5 Å². The molecule has 0 aliphatic carbocycles. The first-order chi connectivity index (χ1) is 14.4. The predicted molar refractivity (Wildman–Crippen MR) is 120 cm³/mol. The van der Waals surface area contributed by atoms with E-state index in [4.69, 9.17) is 9.84 Å². The molecule has 1 aromatic carbocycles. The van der Waals surface area contributed by atoms with Crippen LogP contribution in [0.1, 0.15) is 47.8 Å². The predicted octanol–water partition coefficient (Wildman–Crippen LogP) is 3.02. The van der Waals surface area contributed by atoms with Crippen molar-refractivity contribution in [3.8, 4) is 0 Å². The minimum atomic E-state index is 0.120. The monoisotopic (exact) mass is 412 g/mol. The number of nitrogens with zero attached hydrogens (tertiary/aromatic N) is 3. The van der Waals surface area contributed by atoms with Crippen molar-refractivity contribution in [2.24, 2.45) is 0 Å². The number of benzene rings is 1. The van der Waals surface area contributed by atoms with Crippen molar-refractivity contribution in [1.29, 1.82) is 0 Å². The number of hydrogen-bond acceptors (Lipinski definition) is 4. The molecule has 1 N–H and O–H groups in total. The summed E-state index contributed by atoms with van der Waals surface area (Å²) in [4.78, 5) is 14.9. The largest absolute Gasteiger partial charge is 0.379 e. The van der Waals surface area contributed by atoms with Gasteiger partial charge in [0.1, 0.15) is 0 Å². The molecule has 6 nitrogen and oxygen atoms in total. The number of hydrogen-bond donors (Lipinski definition) is 1. The van der Waals surface area contributed by atoms with Gasteiger partial charge in [-0.1, -0.05) is 29.8 Å². The van der Waals surface area contributed by atoms with E-state index in [9.17, 15) is 4.79 Å². The van der Waals surface area contributed by atoms with Crippen molar-refractivity contribution in [3.63, 3.8) is 0 Å². The standard InChI is InChI=1S/C24H36N4O2/c1-18-5-7-22(8-6-18)17-28-21(4)23(20(3)26-28)9-10-24(29)25-19(2)11-12-27-13-15-30-16-14-27/h5-8,19H,9-17H2,1-4H3,(H,25,29). The second kappa shape index (κ2) is 10.7. The molecule has 0 spiro atoms. The number of aryl methyl sites for hydroxylation is 2. The number of morpholine rings is 1. The van der Waals surface area contributed by atoms with E-state index in [-0.39, 0.29) is 11.9 Å². The lowest BCUT2D eigenvalue weighted by atomic mass is 10.1. The van der Waals surface area contributed by atoms with Crippen molar-refractivity contribution < 1.29 is 9.53 Å². The lowest BCUT2D eigenvalue weighted by Gasteiger charge is -2.27. The Morgan fingerprint density at radius 3 is 2.57 bits per heavy atom. The topological polar surface area (TPSA) is 59.4 Å². The SMILES string of the molecule is Cc1ccc(Cn2nc(C)c(CCC(=O)NC(C)CCN3CCOCC3)c2C)cc1.